The fourth-order valence-corrected chi connectivity index (χ4v) is 2.52. The third-order valence-electron chi connectivity index (χ3n) is 2.79. The topological polar surface area (TPSA) is 38.0 Å². The van der Waals surface area contributed by atoms with Gasteiger partial charge in [-0.1, -0.05) is 34.8 Å². The van der Waals surface area contributed by atoms with Gasteiger partial charge < -0.3 is 5.11 Å². The fourth-order valence-electron chi connectivity index (χ4n) is 1.89. The van der Waals surface area contributed by atoms with Crippen LogP contribution in [0.2, 0.25) is 15.1 Å². The molecule has 1 atom stereocenters. The van der Waals surface area contributed by atoms with Gasteiger partial charge in [-0.05, 0) is 32.0 Å². The standard InChI is InChI=1S/C13H13Cl3N2O/c1-7(2)18-12(11(16)6-17-18)13(19)9-5-8(14)3-4-10(9)15/h3-7,13,19H,1-2H3. The number of hydrogen-bond donors (Lipinski definition) is 1. The van der Waals surface area contributed by atoms with Crippen molar-refractivity contribution < 1.29 is 5.11 Å². The minimum absolute atomic E-state index is 0.0788. The molecule has 0 aliphatic carbocycles. The van der Waals surface area contributed by atoms with Crippen LogP contribution in [0.25, 0.3) is 0 Å². The number of hydrogen-bond acceptors (Lipinski definition) is 2. The second kappa shape index (κ2) is 5.71. The molecule has 1 aromatic heterocycles. The first-order chi connectivity index (χ1) is 8.91. The zero-order valence-corrected chi connectivity index (χ0v) is 12.7. The third kappa shape index (κ3) is 2.90. The zero-order chi connectivity index (χ0) is 14.2. The van der Waals surface area contributed by atoms with Gasteiger partial charge in [-0.25, -0.2) is 0 Å². The first-order valence-electron chi connectivity index (χ1n) is 5.77. The molecule has 2 aromatic rings. The zero-order valence-electron chi connectivity index (χ0n) is 10.4. The van der Waals surface area contributed by atoms with Crippen molar-refractivity contribution in [1.29, 1.82) is 0 Å². The Morgan fingerprint density at radius 1 is 1.16 bits per heavy atom. The van der Waals surface area contributed by atoms with Crippen LogP contribution in [0, 0.1) is 0 Å². The summed E-state index contributed by atoms with van der Waals surface area (Å²) in [6, 6.07) is 5.02. The molecule has 1 N–H and O–H groups in total. The van der Waals surface area contributed by atoms with Crippen LogP contribution in [0.15, 0.2) is 24.4 Å². The lowest BCUT2D eigenvalue weighted by molar-refractivity contribution is 0.205. The average Bonchev–Trinajstić information content (AvgIpc) is 2.73. The Hall–Kier alpha value is -0.740. The predicted molar refractivity (Wildman–Crippen MR) is 78.1 cm³/mol. The molecule has 6 heteroatoms. The molecule has 0 amide bonds. The summed E-state index contributed by atoms with van der Waals surface area (Å²) in [6.45, 7) is 3.91. The first-order valence-corrected chi connectivity index (χ1v) is 6.91. The van der Waals surface area contributed by atoms with E-state index < -0.39 is 6.10 Å². The van der Waals surface area contributed by atoms with Crippen molar-refractivity contribution in [3.8, 4) is 0 Å². The molecule has 0 spiro atoms. The van der Waals surface area contributed by atoms with E-state index in [4.69, 9.17) is 34.8 Å². The summed E-state index contributed by atoms with van der Waals surface area (Å²) < 4.78 is 1.67. The molecule has 0 aliphatic rings. The quantitative estimate of drug-likeness (QED) is 0.904. The first kappa shape index (κ1) is 14.7. The van der Waals surface area contributed by atoms with Crippen molar-refractivity contribution in [2.24, 2.45) is 0 Å². The molecule has 0 aliphatic heterocycles. The lowest BCUT2D eigenvalue weighted by atomic mass is 10.1. The molecule has 0 saturated carbocycles. The van der Waals surface area contributed by atoms with Gasteiger partial charge in [0.2, 0.25) is 0 Å². The molecule has 0 radical (unpaired) electrons. The molecule has 102 valence electrons. The van der Waals surface area contributed by atoms with E-state index in [1.165, 1.54) is 6.20 Å². The number of nitrogens with zero attached hydrogens (tertiary/aromatic N) is 2. The highest BCUT2D eigenvalue weighted by Gasteiger charge is 2.23. The Bertz CT molecular complexity index is 596. The third-order valence-corrected chi connectivity index (χ3v) is 3.66. The second-order valence-corrected chi connectivity index (χ2v) is 5.74. The highest BCUT2D eigenvalue weighted by atomic mass is 35.5. The van der Waals surface area contributed by atoms with Crippen molar-refractivity contribution in [2.75, 3.05) is 0 Å². The lowest BCUT2D eigenvalue weighted by Crippen LogP contribution is -2.13. The molecule has 19 heavy (non-hydrogen) atoms. The van der Waals surface area contributed by atoms with Gasteiger partial charge in [0.15, 0.2) is 0 Å². The van der Waals surface area contributed by atoms with E-state index in [0.29, 0.717) is 26.3 Å². The maximum absolute atomic E-state index is 10.5. The second-order valence-electron chi connectivity index (χ2n) is 4.48. The summed E-state index contributed by atoms with van der Waals surface area (Å²) in [5.74, 6) is 0. The number of aliphatic hydroxyl groups is 1. The normalized spacial score (nSPS) is 13.0. The number of aliphatic hydroxyl groups excluding tert-OH is 1. The van der Waals surface area contributed by atoms with Crippen molar-refractivity contribution >= 4 is 34.8 Å². The Balaban J connectivity index is 2.52. The van der Waals surface area contributed by atoms with Crippen LogP contribution >= 0.6 is 34.8 Å². The van der Waals surface area contributed by atoms with E-state index in [-0.39, 0.29) is 6.04 Å². The summed E-state index contributed by atoms with van der Waals surface area (Å²) in [4.78, 5) is 0. The molecule has 1 heterocycles. The van der Waals surface area contributed by atoms with E-state index in [2.05, 4.69) is 5.10 Å². The van der Waals surface area contributed by atoms with Crippen molar-refractivity contribution in [2.45, 2.75) is 26.0 Å². The van der Waals surface area contributed by atoms with E-state index in [9.17, 15) is 5.11 Å². The highest BCUT2D eigenvalue weighted by molar-refractivity contribution is 6.34. The smallest absolute Gasteiger partial charge is 0.124 e. The Morgan fingerprint density at radius 2 is 1.84 bits per heavy atom. The van der Waals surface area contributed by atoms with Gasteiger partial charge in [0, 0.05) is 21.7 Å². The molecular weight excluding hydrogens is 307 g/mol. The molecule has 0 bridgehead atoms. The van der Waals surface area contributed by atoms with Crippen molar-refractivity contribution in [1.82, 2.24) is 9.78 Å². The predicted octanol–water partition coefficient (Wildman–Crippen LogP) is 4.51. The minimum Gasteiger partial charge on any atom is -0.382 e. The molecule has 0 saturated heterocycles. The van der Waals surface area contributed by atoms with Crippen LogP contribution < -0.4 is 0 Å². The van der Waals surface area contributed by atoms with Crippen LogP contribution in [0.4, 0.5) is 0 Å². The van der Waals surface area contributed by atoms with Crippen LogP contribution in [-0.2, 0) is 0 Å². The van der Waals surface area contributed by atoms with Gasteiger partial charge in [-0.3, -0.25) is 4.68 Å². The van der Waals surface area contributed by atoms with Gasteiger partial charge in [0.05, 0.1) is 16.9 Å². The monoisotopic (exact) mass is 318 g/mol. The van der Waals surface area contributed by atoms with Crippen molar-refractivity contribution in [3.05, 3.63) is 50.7 Å². The lowest BCUT2D eigenvalue weighted by Gasteiger charge is -2.18. The molecule has 1 unspecified atom stereocenters. The Morgan fingerprint density at radius 3 is 2.47 bits per heavy atom. The summed E-state index contributed by atoms with van der Waals surface area (Å²) in [6.07, 6.45) is 0.544. The van der Waals surface area contributed by atoms with E-state index in [0.717, 1.165) is 0 Å². The highest BCUT2D eigenvalue weighted by Crippen LogP contribution is 2.34. The Labute approximate surface area is 126 Å². The number of rotatable bonds is 3. The van der Waals surface area contributed by atoms with Gasteiger partial charge in [0.1, 0.15) is 6.10 Å². The number of benzene rings is 1. The van der Waals surface area contributed by atoms with Crippen molar-refractivity contribution in [3.63, 3.8) is 0 Å². The minimum atomic E-state index is -0.969. The van der Waals surface area contributed by atoms with Crippen LogP contribution in [0.5, 0.6) is 0 Å². The van der Waals surface area contributed by atoms with Gasteiger partial charge in [-0.15, -0.1) is 0 Å². The summed E-state index contributed by atoms with van der Waals surface area (Å²) >= 11 is 18.1. The van der Waals surface area contributed by atoms with Gasteiger partial charge in [-0.2, -0.15) is 5.10 Å². The van der Waals surface area contributed by atoms with Crippen LogP contribution in [-0.4, -0.2) is 14.9 Å². The van der Waals surface area contributed by atoms with E-state index in [1.807, 2.05) is 13.8 Å². The largest absolute Gasteiger partial charge is 0.382 e. The molecular formula is C13H13Cl3N2O. The molecule has 3 nitrogen and oxygen atoms in total. The summed E-state index contributed by atoms with van der Waals surface area (Å²) in [5, 5.41) is 16.0. The maximum Gasteiger partial charge on any atom is 0.124 e. The van der Waals surface area contributed by atoms with Crippen LogP contribution in [0.3, 0.4) is 0 Å². The number of aromatic nitrogens is 2. The van der Waals surface area contributed by atoms with Gasteiger partial charge >= 0.3 is 0 Å². The molecule has 2 rings (SSSR count). The Kier molecular flexibility index (Phi) is 4.41. The van der Waals surface area contributed by atoms with E-state index in [1.54, 1.807) is 22.9 Å². The summed E-state index contributed by atoms with van der Waals surface area (Å²) in [5.41, 5.74) is 1.03. The van der Waals surface area contributed by atoms with Gasteiger partial charge in [0.25, 0.3) is 0 Å². The summed E-state index contributed by atoms with van der Waals surface area (Å²) in [7, 11) is 0. The SMILES string of the molecule is CC(C)n1ncc(Cl)c1C(O)c1cc(Cl)ccc1Cl. The van der Waals surface area contributed by atoms with Crippen LogP contribution in [0.1, 0.15) is 37.3 Å². The molecule has 0 fully saturated rings. The molecule has 1 aromatic carbocycles. The maximum atomic E-state index is 10.5. The van der Waals surface area contributed by atoms with E-state index >= 15 is 0 Å². The average molecular weight is 320 g/mol. The number of halogens is 3. The fraction of sp³-hybridized carbons (Fsp3) is 0.308.